The maximum atomic E-state index is 12.8. The van der Waals surface area contributed by atoms with Crippen molar-refractivity contribution in [2.24, 2.45) is 5.92 Å². The lowest BCUT2D eigenvalue weighted by molar-refractivity contribution is -0.122. The second kappa shape index (κ2) is 8.44. The smallest absolute Gasteiger partial charge is 0.228 e. The highest BCUT2D eigenvalue weighted by Crippen LogP contribution is 2.25. The van der Waals surface area contributed by atoms with Crippen molar-refractivity contribution < 1.29 is 9.59 Å². The molecule has 2 amide bonds. The Kier molecular flexibility index (Phi) is 5.56. The minimum absolute atomic E-state index is 0.0729. The van der Waals surface area contributed by atoms with Crippen LogP contribution in [0.5, 0.6) is 0 Å². The van der Waals surface area contributed by atoms with Gasteiger partial charge < -0.3 is 5.32 Å². The molecule has 3 aromatic heterocycles. The minimum atomic E-state index is -0.240. The molecule has 0 radical (unpaired) electrons. The Balaban J connectivity index is 1.33. The van der Waals surface area contributed by atoms with Crippen LogP contribution in [-0.4, -0.2) is 38.1 Å². The lowest BCUT2D eigenvalue weighted by Crippen LogP contribution is -2.41. The summed E-state index contributed by atoms with van der Waals surface area (Å²) in [5, 5.41) is 7.20. The number of fused-ring (bicyclic) bond motifs is 1. The zero-order chi connectivity index (χ0) is 21.1. The van der Waals surface area contributed by atoms with E-state index in [0.29, 0.717) is 18.3 Å². The fourth-order valence-electron chi connectivity index (χ4n) is 3.58. The van der Waals surface area contributed by atoms with Gasteiger partial charge in [0.15, 0.2) is 0 Å². The first-order chi connectivity index (χ1) is 14.5. The molecular weight excluding hydrogens is 380 g/mol. The SMILES string of the molecule is Cc1cc2n(n1)CC(C)CN2C(=O)CCC(=O)Nc1ccc(-c2ccccn2)cn1. The van der Waals surface area contributed by atoms with Gasteiger partial charge in [0.2, 0.25) is 11.8 Å². The van der Waals surface area contributed by atoms with Crippen LogP contribution in [0.25, 0.3) is 11.3 Å². The normalized spacial score (nSPS) is 15.5. The molecular formula is C22H24N6O2. The van der Waals surface area contributed by atoms with E-state index in [1.807, 2.05) is 41.9 Å². The van der Waals surface area contributed by atoms with Crippen molar-refractivity contribution in [2.75, 3.05) is 16.8 Å². The van der Waals surface area contributed by atoms with Crippen molar-refractivity contribution in [3.63, 3.8) is 0 Å². The van der Waals surface area contributed by atoms with Crippen molar-refractivity contribution in [2.45, 2.75) is 33.2 Å². The molecule has 0 saturated carbocycles. The second-order valence-electron chi connectivity index (χ2n) is 7.63. The van der Waals surface area contributed by atoms with Crippen LogP contribution in [0.15, 0.2) is 48.8 Å². The van der Waals surface area contributed by atoms with E-state index in [1.165, 1.54) is 0 Å². The molecule has 30 heavy (non-hydrogen) atoms. The Morgan fingerprint density at radius 2 is 2.00 bits per heavy atom. The van der Waals surface area contributed by atoms with Gasteiger partial charge in [-0.15, -0.1) is 0 Å². The van der Waals surface area contributed by atoms with Crippen LogP contribution in [0, 0.1) is 12.8 Å². The number of hydrogen-bond acceptors (Lipinski definition) is 5. The molecule has 1 unspecified atom stereocenters. The lowest BCUT2D eigenvalue weighted by atomic mass is 10.1. The predicted molar refractivity (Wildman–Crippen MR) is 114 cm³/mol. The third-order valence-electron chi connectivity index (χ3n) is 4.99. The Morgan fingerprint density at radius 1 is 1.13 bits per heavy atom. The standard InChI is InChI=1S/C22H24N6O2/c1-15-13-27(21-11-16(2)26-28(21)14-15)22(30)9-8-20(29)25-19-7-6-17(12-24-19)18-5-3-4-10-23-18/h3-7,10-12,15H,8-9,13-14H2,1-2H3,(H,24,25,29). The molecule has 0 bridgehead atoms. The summed E-state index contributed by atoms with van der Waals surface area (Å²) in [7, 11) is 0. The number of hydrogen-bond donors (Lipinski definition) is 1. The molecule has 4 rings (SSSR count). The van der Waals surface area contributed by atoms with Gasteiger partial charge in [0.1, 0.15) is 11.6 Å². The number of nitrogens with zero attached hydrogens (tertiary/aromatic N) is 5. The summed E-state index contributed by atoms with van der Waals surface area (Å²) in [6.07, 6.45) is 3.62. The van der Waals surface area contributed by atoms with E-state index in [4.69, 9.17) is 0 Å². The van der Waals surface area contributed by atoms with Gasteiger partial charge in [0.25, 0.3) is 0 Å². The van der Waals surface area contributed by atoms with Gasteiger partial charge in [-0.3, -0.25) is 19.5 Å². The minimum Gasteiger partial charge on any atom is -0.311 e. The van der Waals surface area contributed by atoms with E-state index >= 15 is 0 Å². The Hall–Kier alpha value is -3.55. The maximum Gasteiger partial charge on any atom is 0.228 e. The van der Waals surface area contributed by atoms with Crippen LogP contribution < -0.4 is 10.2 Å². The summed E-state index contributed by atoms with van der Waals surface area (Å²) >= 11 is 0. The van der Waals surface area contributed by atoms with Crippen molar-refractivity contribution in [1.82, 2.24) is 19.7 Å². The summed E-state index contributed by atoms with van der Waals surface area (Å²) in [6, 6.07) is 11.2. The number of aromatic nitrogens is 4. The monoisotopic (exact) mass is 404 g/mol. The van der Waals surface area contributed by atoms with Crippen LogP contribution in [0.1, 0.15) is 25.5 Å². The molecule has 0 aliphatic carbocycles. The average molecular weight is 404 g/mol. The van der Waals surface area contributed by atoms with Gasteiger partial charge >= 0.3 is 0 Å². The summed E-state index contributed by atoms with van der Waals surface area (Å²) in [4.78, 5) is 35.4. The van der Waals surface area contributed by atoms with Crippen molar-refractivity contribution >= 4 is 23.5 Å². The van der Waals surface area contributed by atoms with E-state index in [9.17, 15) is 9.59 Å². The van der Waals surface area contributed by atoms with E-state index in [2.05, 4.69) is 27.3 Å². The highest BCUT2D eigenvalue weighted by molar-refractivity contribution is 5.97. The number of aryl methyl sites for hydroxylation is 1. The molecule has 1 aliphatic heterocycles. The van der Waals surface area contributed by atoms with Crippen molar-refractivity contribution in [3.8, 4) is 11.3 Å². The fourth-order valence-corrected chi connectivity index (χ4v) is 3.58. The molecule has 1 atom stereocenters. The van der Waals surface area contributed by atoms with E-state index in [0.717, 1.165) is 29.3 Å². The van der Waals surface area contributed by atoms with Gasteiger partial charge in [-0.1, -0.05) is 13.0 Å². The van der Waals surface area contributed by atoms with E-state index < -0.39 is 0 Å². The first-order valence-corrected chi connectivity index (χ1v) is 10.0. The number of carbonyl (C=O) groups is 2. The lowest BCUT2D eigenvalue weighted by Gasteiger charge is -2.31. The molecule has 8 heteroatoms. The number of nitrogens with one attached hydrogen (secondary N) is 1. The number of carbonyl (C=O) groups excluding carboxylic acids is 2. The molecule has 0 aromatic carbocycles. The summed E-state index contributed by atoms with van der Waals surface area (Å²) < 4.78 is 1.87. The zero-order valence-corrected chi connectivity index (χ0v) is 17.1. The fraction of sp³-hybridized carbons (Fsp3) is 0.318. The van der Waals surface area contributed by atoms with Gasteiger partial charge in [0, 0.05) is 50.0 Å². The highest BCUT2D eigenvalue weighted by atomic mass is 16.2. The van der Waals surface area contributed by atoms with Crippen LogP contribution in [0.2, 0.25) is 0 Å². The molecule has 0 fully saturated rings. The van der Waals surface area contributed by atoms with Gasteiger partial charge in [0.05, 0.1) is 11.4 Å². The Bertz CT molecular complexity index is 1050. The van der Waals surface area contributed by atoms with Crippen LogP contribution in [-0.2, 0) is 16.1 Å². The van der Waals surface area contributed by atoms with Gasteiger partial charge in [-0.2, -0.15) is 5.10 Å². The first-order valence-electron chi connectivity index (χ1n) is 10.0. The topological polar surface area (TPSA) is 93.0 Å². The van der Waals surface area contributed by atoms with Crippen molar-refractivity contribution in [3.05, 3.63) is 54.5 Å². The zero-order valence-electron chi connectivity index (χ0n) is 17.1. The molecule has 1 aliphatic rings. The summed E-state index contributed by atoms with van der Waals surface area (Å²) in [5.41, 5.74) is 2.57. The molecule has 154 valence electrons. The quantitative estimate of drug-likeness (QED) is 0.705. The maximum absolute atomic E-state index is 12.8. The Labute approximate surface area is 175 Å². The predicted octanol–water partition coefficient (Wildman–Crippen LogP) is 3.05. The largest absolute Gasteiger partial charge is 0.311 e. The molecule has 8 nitrogen and oxygen atoms in total. The molecule has 1 N–H and O–H groups in total. The third-order valence-corrected chi connectivity index (χ3v) is 4.99. The van der Waals surface area contributed by atoms with Gasteiger partial charge in [-0.25, -0.2) is 9.67 Å². The molecule has 0 saturated heterocycles. The van der Waals surface area contributed by atoms with E-state index in [1.54, 1.807) is 23.4 Å². The number of pyridine rings is 2. The van der Waals surface area contributed by atoms with E-state index in [-0.39, 0.29) is 24.7 Å². The van der Waals surface area contributed by atoms with Crippen LogP contribution in [0.4, 0.5) is 11.6 Å². The van der Waals surface area contributed by atoms with Crippen LogP contribution in [0.3, 0.4) is 0 Å². The highest BCUT2D eigenvalue weighted by Gasteiger charge is 2.27. The summed E-state index contributed by atoms with van der Waals surface area (Å²) in [5.74, 6) is 1.26. The first kappa shape index (κ1) is 19.8. The number of amides is 2. The molecule has 0 spiro atoms. The van der Waals surface area contributed by atoms with Gasteiger partial charge in [-0.05, 0) is 37.1 Å². The summed E-state index contributed by atoms with van der Waals surface area (Å²) in [6.45, 7) is 5.45. The van der Waals surface area contributed by atoms with Crippen LogP contribution >= 0.6 is 0 Å². The van der Waals surface area contributed by atoms with Crippen molar-refractivity contribution in [1.29, 1.82) is 0 Å². The molecule has 3 aromatic rings. The average Bonchev–Trinajstić information content (AvgIpc) is 3.12. The second-order valence-corrected chi connectivity index (χ2v) is 7.63. The Morgan fingerprint density at radius 3 is 2.73 bits per heavy atom. The molecule has 4 heterocycles. The number of anilines is 2. The third kappa shape index (κ3) is 4.37. The number of rotatable bonds is 5.